The summed E-state index contributed by atoms with van der Waals surface area (Å²) in [6.07, 6.45) is 1.36. The van der Waals surface area contributed by atoms with Crippen LogP contribution in [0.4, 0.5) is 4.79 Å². The Morgan fingerprint density at radius 3 is 2.36 bits per heavy atom. The van der Waals surface area contributed by atoms with Gasteiger partial charge in [-0.25, -0.2) is 4.79 Å². The molecule has 0 bridgehead atoms. The summed E-state index contributed by atoms with van der Waals surface area (Å²) in [6.45, 7) is 5.26. The number of carbonyl (C=O) groups is 2. The quantitative estimate of drug-likeness (QED) is 0.874. The lowest BCUT2D eigenvalue weighted by molar-refractivity contribution is -0.120. The smallest absolute Gasteiger partial charge is 0.408 e. The molecule has 1 aromatic heterocycles. The van der Waals surface area contributed by atoms with E-state index in [-0.39, 0.29) is 6.42 Å². The number of ether oxygens (including phenoxy) is 1. The molecule has 132 valence electrons. The SMILES string of the molecule is CC(C)(C)OC(=O)N[C@H](Cc1ccc(-c2ccccn2)cc1)C(N)=O. The Bertz CT molecular complexity index is 722. The monoisotopic (exact) mass is 341 g/mol. The van der Waals surface area contributed by atoms with Crippen molar-refractivity contribution in [3.63, 3.8) is 0 Å². The molecule has 2 aromatic rings. The normalized spacial score (nSPS) is 12.3. The molecule has 0 radical (unpaired) electrons. The van der Waals surface area contributed by atoms with Gasteiger partial charge in [0.1, 0.15) is 11.6 Å². The molecule has 0 aliphatic heterocycles. The minimum absolute atomic E-state index is 0.289. The maximum atomic E-state index is 11.9. The maximum Gasteiger partial charge on any atom is 0.408 e. The average Bonchev–Trinajstić information content (AvgIpc) is 2.54. The van der Waals surface area contributed by atoms with Gasteiger partial charge in [-0.05, 0) is 38.5 Å². The van der Waals surface area contributed by atoms with E-state index >= 15 is 0 Å². The Morgan fingerprint density at radius 1 is 1.16 bits per heavy atom. The van der Waals surface area contributed by atoms with Crippen molar-refractivity contribution in [3.05, 3.63) is 54.2 Å². The number of nitrogens with two attached hydrogens (primary N) is 1. The third-order valence-electron chi connectivity index (χ3n) is 3.39. The molecule has 2 rings (SSSR count). The van der Waals surface area contributed by atoms with E-state index in [2.05, 4.69) is 10.3 Å². The van der Waals surface area contributed by atoms with Crippen molar-refractivity contribution in [1.29, 1.82) is 0 Å². The fraction of sp³-hybridized carbons (Fsp3) is 0.316. The molecule has 25 heavy (non-hydrogen) atoms. The van der Waals surface area contributed by atoms with Crippen molar-refractivity contribution in [2.75, 3.05) is 0 Å². The Morgan fingerprint density at radius 2 is 1.84 bits per heavy atom. The van der Waals surface area contributed by atoms with Crippen LogP contribution in [0.5, 0.6) is 0 Å². The van der Waals surface area contributed by atoms with Crippen molar-refractivity contribution < 1.29 is 14.3 Å². The summed E-state index contributed by atoms with van der Waals surface area (Å²) in [7, 11) is 0. The minimum atomic E-state index is -0.837. The standard InChI is InChI=1S/C19H23N3O3/c1-19(2,3)25-18(24)22-16(17(20)23)12-13-7-9-14(10-8-13)15-6-4-5-11-21-15/h4-11,16H,12H2,1-3H3,(H2,20,23)(H,22,24)/t16-/m1/s1. The molecule has 0 aliphatic rings. The first-order valence-electron chi connectivity index (χ1n) is 8.04. The van der Waals surface area contributed by atoms with Gasteiger partial charge in [-0.3, -0.25) is 9.78 Å². The zero-order valence-corrected chi connectivity index (χ0v) is 14.7. The van der Waals surface area contributed by atoms with Crippen LogP contribution in [0.25, 0.3) is 11.3 Å². The van der Waals surface area contributed by atoms with Crippen LogP contribution in [0.1, 0.15) is 26.3 Å². The van der Waals surface area contributed by atoms with Crippen molar-refractivity contribution in [3.8, 4) is 11.3 Å². The Hall–Kier alpha value is -2.89. The Labute approximate surface area is 147 Å². The van der Waals surface area contributed by atoms with Gasteiger partial charge in [-0.1, -0.05) is 30.3 Å². The number of primary amides is 1. The molecule has 0 unspecified atom stereocenters. The van der Waals surface area contributed by atoms with Gasteiger partial charge in [-0.2, -0.15) is 0 Å². The molecule has 1 atom stereocenters. The van der Waals surface area contributed by atoms with Crippen LogP contribution in [0.3, 0.4) is 0 Å². The van der Waals surface area contributed by atoms with E-state index < -0.39 is 23.6 Å². The van der Waals surface area contributed by atoms with E-state index in [4.69, 9.17) is 10.5 Å². The van der Waals surface area contributed by atoms with Gasteiger partial charge in [0.25, 0.3) is 0 Å². The lowest BCUT2D eigenvalue weighted by atomic mass is 10.0. The number of aromatic nitrogens is 1. The van der Waals surface area contributed by atoms with Crippen LogP contribution in [0.2, 0.25) is 0 Å². The molecule has 3 N–H and O–H groups in total. The van der Waals surface area contributed by atoms with E-state index in [1.165, 1.54) is 0 Å². The summed E-state index contributed by atoms with van der Waals surface area (Å²) in [5.41, 5.74) is 7.47. The number of carbonyl (C=O) groups excluding carboxylic acids is 2. The summed E-state index contributed by atoms with van der Waals surface area (Å²) >= 11 is 0. The Balaban J connectivity index is 2.04. The highest BCUT2D eigenvalue weighted by Gasteiger charge is 2.23. The molecule has 2 amide bonds. The van der Waals surface area contributed by atoms with E-state index in [0.29, 0.717) is 0 Å². The number of nitrogens with one attached hydrogen (secondary N) is 1. The second kappa shape index (κ2) is 7.79. The van der Waals surface area contributed by atoms with E-state index in [1.807, 2.05) is 42.5 Å². The molecule has 0 aliphatic carbocycles. The zero-order valence-electron chi connectivity index (χ0n) is 14.7. The summed E-state index contributed by atoms with van der Waals surface area (Å²) in [6, 6.07) is 12.5. The topological polar surface area (TPSA) is 94.3 Å². The molecule has 6 nitrogen and oxygen atoms in total. The Kier molecular flexibility index (Phi) is 5.75. The van der Waals surface area contributed by atoms with Gasteiger partial charge >= 0.3 is 6.09 Å². The number of nitrogens with zero attached hydrogens (tertiary/aromatic N) is 1. The first kappa shape index (κ1) is 18.4. The highest BCUT2D eigenvalue weighted by molar-refractivity contribution is 5.84. The molecule has 0 saturated carbocycles. The number of hydrogen-bond acceptors (Lipinski definition) is 4. The predicted molar refractivity (Wildman–Crippen MR) is 95.7 cm³/mol. The molecular weight excluding hydrogens is 318 g/mol. The van der Waals surface area contributed by atoms with Crippen LogP contribution in [-0.2, 0) is 16.0 Å². The number of rotatable bonds is 5. The zero-order chi connectivity index (χ0) is 18.4. The van der Waals surface area contributed by atoms with Gasteiger partial charge < -0.3 is 15.8 Å². The summed E-state index contributed by atoms with van der Waals surface area (Å²) in [5, 5.41) is 2.52. The number of alkyl carbamates (subject to hydrolysis) is 1. The second-order valence-electron chi connectivity index (χ2n) is 6.72. The van der Waals surface area contributed by atoms with Crippen LogP contribution < -0.4 is 11.1 Å². The summed E-state index contributed by atoms with van der Waals surface area (Å²) < 4.78 is 5.17. The van der Waals surface area contributed by atoms with Gasteiger partial charge in [0.15, 0.2) is 0 Å². The highest BCUT2D eigenvalue weighted by Crippen LogP contribution is 2.17. The molecule has 6 heteroatoms. The van der Waals surface area contributed by atoms with Gasteiger partial charge in [0, 0.05) is 18.2 Å². The van der Waals surface area contributed by atoms with Crippen molar-refractivity contribution in [1.82, 2.24) is 10.3 Å². The molecule has 1 aromatic carbocycles. The van der Waals surface area contributed by atoms with E-state index in [9.17, 15) is 9.59 Å². The fourth-order valence-corrected chi connectivity index (χ4v) is 2.25. The number of pyridine rings is 1. The lowest BCUT2D eigenvalue weighted by Gasteiger charge is -2.22. The second-order valence-corrected chi connectivity index (χ2v) is 6.72. The largest absolute Gasteiger partial charge is 0.444 e. The number of amides is 2. The van der Waals surface area contributed by atoms with Gasteiger partial charge in [0.2, 0.25) is 5.91 Å². The molecular formula is C19H23N3O3. The van der Waals surface area contributed by atoms with E-state index in [1.54, 1.807) is 27.0 Å². The first-order chi connectivity index (χ1) is 11.7. The van der Waals surface area contributed by atoms with Crippen LogP contribution in [0.15, 0.2) is 48.7 Å². The number of benzene rings is 1. The van der Waals surface area contributed by atoms with Crippen molar-refractivity contribution in [2.45, 2.75) is 38.8 Å². The van der Waals surface area contributed by atoms with Gasteiger partial charge in [-0.15, -0.1) is 0 Å². The van der Waals surface area contributed by atoms with Gasteiger partial charge in [0.05, 0.1) is 5.69 Å². The fourth-order valence-electron chi connectivity index (χ4n) is 2.25. The molecule has 0 spiro atoms. The molecule has 1 heterocycles. The maximum absolute atomic E-state index is 11.9. The van der Waals surface area contributed by atoms with Crippen molar-refractivity contribution in [2.24, 2.45) is 5.73 Å². The average molecular weight is 341 g/mol. The van der Waals surface area contributed by atoms with Crippen LogP contribution in [-0.4, -0.2) is 28.6 Å². The minimum Gasteiger partial charge on any atom is -0.444 e. The molecule has 0 saturated heterocycles. The first-order valence-corrected chi connectivity index (χ1v) is 8.04. The third-order valence-corrected chi connectivity index (χ3v) is 3.39. The lowest BCUT2D eigenvalue weighted by Crippen LogP contribution is -2.47. The summed E-state index contributed by atoms with van der Waals surface area (Å²) in [4.78, 5) is 27.8. The van der Waals surface area contributed by atoms with E-state index in [0.717, 1.165) is 16.8 Å². The van der Waals surface area contributed by atoms with Crippen LogP contribution >= 0.6 is 0 Å². The van der Waals surface area contributed by atoms with Crippen molar-refractivity contribution >= 4 is 12.0 Å². The number of hydrogen-bond donors (Lipinski definition) is 2. The predicted octanol–water partition coefficient (Wildman–Crippen LogP) is 2.67. The van der Waals surface area contributed by atoms with Crippen LogP contribution in [0, 0.1) is 0 Å². The highest BCUT2D eigenvalue weighted by atomic mass is 16.6. The third kappa shape index (κ3) is 5.91. The summed E-state index contributed by atoms with van der Waals surface area (Å²) in [5.74, 6) is -0.611. The molecule has 0 fully saturated rings.